The van der Waals surface area contributed by atoms with Gasteiger partial charge in [0.25, 0.3) is 0 Å². The number of halogens is 2. The lowest BCUT2D eigenvalue weighted by Crippen LogP contribution is -2.24. The molecule has 0 aliphatic carbocycles. The lowest BCUT2D eigenvalue weighted by atomic mass is 10.0. The molecular formula is C17H19ClFN. The zero-order chi connectivity index (χ0) is 14.5. The Morgan fingerprint density at radius 2 is 1.90 bits per heavy atom. The molecule has 2 aromatic carbocycles. The molecule has 0 spiro atoms. The first-order valence-electron chi connectivity index (χ1n) is 6.87. The van der Waals surface area contributed by atoms with Crippen LogP contribution in [0.15, 0.2) is 48.5 Å². The summed E-state index contributed by atoms with van der Waals surface area (Å²) in [6, 6.07) is 14.8. The highest BCUT2D eigenvalue weighted by molar-refractivity contribution is 6.31. The number of benzene rings is 2. The topological polar surface area (TPSA) is 12.0 Å². The van der Waals surface area contributed by atoms with Gasteiger partial charge in [-0.05, 0) is 42.7 Å². The Balaban J connectivity index is 2.16. The van der Waals surface area contributed by atoms with Crippen LogP contribution in [0, 0.1) is 5.82 Å². The summed E-state index contributed by atoms with van der Waals surface area (Å²) in [4.78, 5) is 0. The molecule has 1 N–H and O–H groups in total. The van der Waals surface area contributed by atoms with Crippen LogP contribution in [-0.4, -0.2) is 0 Å². The number of hydrogen-bond donors (Lipinski definition) is 1. The Labute approximate surface area is 124 Å². The van der Waals surface area contributed by atoms with Gasteiger partial charge in [0.15, 0.2) is 0 Å². The summed E-state index contributed by atoms with van der Waals surface area (Å²) in [6.07, 6.45) is 0.887. The van der Waals surface area contributed by atoms with Gasteiger partial charge in [-0.3, -0.25) is 0 Å². The Bertz CT molecular complexity index is 570. The summed E-state index contributed by atoms with van der Waals surface area (Å²) in [6.45, 7) is 4.16. The van der Waals surface area contributed by atoms with Crippen LogP contribution in [0.4, 0.5) is 4.39 Å². The highest BCUT2D eigenvalue weighted by atomic mass is 35.5. The van der Waals surface area contributed by atoms with Crippen LogP contribution in [0.2, 0.25) is 5.02 Å². The molecule has 20 heavy (non-hydrogen) atoms. The highest BCUT2D eigenvalue weighted by Crippen LogP contribution is 2.26. The first kappa shape index (κ1) is 15.0. The fraction of sp³-hybridized carbons (Fsp3) is 0.294. The molecule has 3 heteroatoms. The molecule has 0 fully saturated rings. The zero-order valence-electron chi connectivity index (χ0n) is 11.7. The predicted octanol–water partition coefficient (Wildman–Crippen LogP) is 5.28. The van der Waals surface area contributed by atoms with E-state index in [0.717, 1.165) is 22.6 Å². The molecule has 106 valence electrons. The third kappa shape index (κ3) is 3.59. The van der Waals surface area contributed by atoms with E-state index in [4.69, 9.17) is 11.6 Å². The molecule has 0 saturated carbocycles. The van der Waals surface area contributed by atoms with Gasteiger partial charge in [-0.1, -0.05) is 48.9 Å². The van der Waals surface area contributed by atoms with Crippen LogP contribution in [0.5, 0.6) is 0 Å². The second kappa shape index (κ2) is 6.87. The largest absolute Gasteiger partial charge is 0.303 e. The quantitative estimate of drug-likeness (QED) is 0.790. The number of hydrogen-bond acceptors (Lipinski definition) is 1. The molecule has 0 aliphatic heterocycles. The maximum Gasteiger partial charge on any atom is 0.123 e. The fourth-order valence-corrected chi connectivity index (χ4v) is 2.69. The van der Waals surface area contributed by atoms with Crippen molar-refractivity contribution in [1.29, 1.82) is 0 Å². The maximum atomic E-state index is 13.3. The summed E-state index contributed by atoms with van der Waals surface area (Å²) < 4.78 is 13.3. The van der Waals surface area contributed by atoms with Crippen molar-refractivity contribution < 1.29 is 4.39 Å². The average Bonchev–Trinajstić information content (AvgIpc) is 2.45. The van der Waals surface area contributed by atoms with Gasteiger partial charge in [0.1, 0.15) is 5.82 Å². The molecule has 2 atom stereocenters. The van der Waals surface area contributed by atoms with E-state index in [1.807, 2.05) is 30.3 Å². The van der Waals surface area contributed by atoms with E-state index >= 15 is 0 Å². The minimum Gasteiger partial charge on any atom is -0.303 e. The van der Waals surface area contributed by atoms with Gasteiger partial charge in [-0.2, -0.15) is 0 Å². The van der Waals surface area contributed by atoms with Gasteiger partial charge in [0.05, 0.1) is 0 Å². The lowest BCUT2D eigenvalue weighted by Gasteiger charge is -2.23. The SMILES string of the molecule is CCC(NC(C)c1ccccc1Cl)c1cccc(F)c1. The molecule has 0 heterocycles. The van der Waals surface area contributed by atoms with E-state index in [0.29, 0.717) is 0 Å². The van der Waals surface area contributed by atoms with Crippen molar-refractivity contribution in [1.82, 2.24) is 5.32 Å². The number of rotatable bonds is 5. The summed E-state index contributed by atoms with van der Waals surface area (Å²) >= 11 is 6.22. The molecule has 2 unspecified atom stereocenters. The van der Waals surface area contributed by atoms with E-state index in [2.05, 4.69) is 19.2 Å². The molecule has 2 aromatic rings. The Hall–Kier alpha value is -1.38. The van der Waals surface area contributed by atoms with Crippen molar-refractivity contribution in [2.75, 3.05) is 0 Å². The Morgan fingerprint density at radius 1 is 1.15 bits per heavy atom. The minimum atomic E-state index is -0.201. The van der Waals surface area contributed by atoms with Crippen molar-refractivity contribution in [3.63, 3.8) is 0 Å². The fourth-order valence-electron chi connectivity index (χ4n) is 2.39. The van der Waals surface area contributed by atoms with E-state index in [1.54, 1.807) is 12.1 Å². The minimum absolute atomic E-state index is 0.108. The van der Waals surface area contributed by atoms with Gasteiger partial charge in [-0.25, -0.2) is 4.39 Å². The molecule has 0 bridgehead atoms. The molecule has 0 aromatic heterocycles. The van der Waals surface area contributed by atoms with Gasteiger partial charge in [0.2, 0.25) is 0 Å². The van der Waals surface area contributed by atoms with Crippen molar-refractivity contribution in [3.8, 4) is 0 Å². The van der Waals surface area contributed by atoms with E-state index < -0.39 is 0 Å². The van der Waals surface area contributed by atoms with Crippen LogP contribution in [0.1, 0.15) is 43.5 Å². The predicted molar refractivity (Wildman–Crippen MR) is 82.4 cm³/mol. The number of nitrogens with one attached hydrogen (secondary N) is 1. The van der Waals surface area contributed by atoms with Gasteiger partial charge in [0, 0.05) is 17.1 Å². The van der Waals surface area contributed by atoms with Crippen LogP contribution < -0.4 is 5.32 Å². The third-order valence-electron chi connectivity index (χ3n) is 3.48. The monoisotopic (exact) mass is 291 g/mol. The Morgan fingerprint density at radius 3 is 2.55 bits per heavy atom. The van der Waals surface area contributed by atoms with Gasteiger partial charge >= 0.3 is 0 Å². The van der Waals surface area contributed by atoms with Crippen LogP contribution >= 0.6 is 11.6 Å². The summed E-state index contributed by atoms with van der Waals surface area (Å²) in [5.74, 6) is -0.201. The van der Waals surface area contributed by atoms with Crippen molar-refractivity contribution >= 4 is 11.6 Å². The standard InChI is InChI=1S/C17H19ClFN/c1-3-17(13-7-6-8-14(19)11-13)20-12(2)15-9-4-5-10-16(15)18/h4-12,17,20H,3H2,1-2H3. The molecule has 0 amide bonds. The van der Waals surface area contributed by atoms with Gasteiger partial charge < -0.3 is 5.32 Å². The van der Waals surface area contributed by atoms with E-state index in [1.165, 1.54) is 6.07 Å². The van der Waals surface area contributed by atoms with E-state index in [9.17, 15) is 4.39 Å². The van der Waals surface area contributed by atoms with Crippen LogP contribution in [-0.2, 0) is 0 Å². The van der Waals surface area contributed by atoms with E-state index in [-0.39, 0.29) is 17.9 Å². The Kier molecular flexibility index (Phi) is 5.16. The molecule has 1 nitrogen and oxygen atoms in total. The normalized spacial score (nSPS) is 14.0. The highest BCUT2D eigenvalue weighted by Gasteiger charge is 2.15. The van der Waals surface area contributed by atoms with Crippen LogP contribution in [0.3, 0.4) is 0 Å². The molecule has 0 aliphatic rings. The van der Waals surface area contributed by atoms with Crippen LogP contribution in [0.25, 0.3) is 0 Å². The first-order chi connectivity index (χ1) is 9.61. The molecule has 0 radical (unpaired) electrons. The summed E-state index contributed by atoms with van der Waals surface area (Å²) in [5, 5.41) is 4.27. The van der Waals surface area contributed by atoms with Crippen molar-refractivity contribution in [2.24, 2.45) is 0 Å². The average molecular weight is 292 g/mol. The summed E-state index contributed by atoms with van der Waals surface area (Å²) in [7, 11) is 0. The maximum absolute atomic E-state index is 13.3. The zero-order valence-corrected chi connectivity index (χ0v) is 12.5. The molecule has 0 saturated heterocycles. The lowest BCUT2D eigenvalue weighted by molar-refractivity contribution is 0.454. The third-order valence-corrected chi connectivity index (χ3v) is 3.83. The molecule has 2 rings (SSSR count). The second-order valence-electron chi connectivity index (χ2n) is 4.93. The van der Waals surface area contributed by atoms with Crippen molar-refractivity contribution in [3.05, 3.63) is 70.5 Å². The second-order valence-corrected chi connectivity index (χ2v) is 5.33. The molecular weight excluding hydrogens is 273 g/mol. The summed E-state index contributed by atoms with van der Waals surface area (Å²) in [5.41, 5.74) is 2.02. The first-order valence-corrected chi connectivity index (χ1v) is 7.25. The van der Waals surface area contributed by atoms with Gasteiger partial charge in [-0.15, -0.1) is 0 Å². The van der Waals surface area contributed by atoms with Crippen molar-refractivity contribution in [2.45, 2.75) is 32.4 Å². The smallest absolute Gasteiger partial charge is 0.123 e.